The molecule has 2 N–H and O–H groups in total. The number of hydrogen-bond acceptors (Lipinski definition) is 8. The lowest BCUT2D eigenvalue weighted by Crippen LogP contribution is -2.31. The highest BCUT2D eigenvalue weighted by Crippen LogP contribution is 2.39. The molecule has 1 fully saturated rings. The van der Waals surface area contributed by atoms with Gasteiger partial charge in [-0.3, -0.25) is 4.79 Å². The average molecular weight is 608 g/mol. The number of carbonyl (C=O) groups is 1. The van der Waals surface area contributed by atoms with Gasteiger partial charge in [0.2, 0.25) is 11.0 Å². The van der Waals surface area contributed by atoms with Gasteiger partial charge in [-0.25, -0.2) is 26.6 Å². The second-order valence-corrected chi connectivity index (χ2v) is 10.3. The van der Waals surface area contributed by atoms with Gasteiger partial charge in [0, 0.05) is 30.5 Å². The first-order chi connectivity index (χ1) is 20.2. The van der Waals surface area contributed by atoms with Gasteiger partial charge in [-0.15, -0.1) is 5.10 Å². The molecule has 0 radical (unpaired) electrons. The minimum Gasteiger partial charge on any atom is -0.392 e. The molecule has 5 rings (SSSR count). The number of carbonyl (C=O) groups excluding carboxylic acids is 1. The van der Waals surface area contributed by atoms with Crippen LogP contribution >= 0.6 is 11.8 Å². The number of aliphatic hydroxyl groups excluding tert-OH is 1. The molecular formula is C27H22F5N5O4S. The van der Waals surface area contributed by atoms with Gasteiger partial charge in [0.05, 0.1) is 18.8 Å². The van der Waals surface area contributed by atoms with Crippen LogP contribution in [-0.4, -0.2) is 43.1 Å². The average Bonchev–Trinajstić information content (AvgIpc) is 3.42. The highest BCUT2D eigenvalue weighted by molar-refractivity contribution is 7.99. The smallest absolute Gasteiger partial charge is 0.261 e. The molecule has 1 saturated heterocycles. The standard InChI is InChI=1S/C27H22F5N5O4S/c1-37-27(34-35-36-37)42-12-17-10-18(14-7-5-13(11-38)6-8-14)41-26(40-17)15-3-2-4-16(9-15)33-25(39)19-20(28)22(30)24(32)23(31)21(19)29/h2-9,17-18,26,38H,10-12H2,1H3,(H,33,39). The Hall–Kier alpha value is -3.92. The number of amides is 1. The Morgan fingerprint density at radius 2 is 1.69 bits per heavy atom. The molecule has 3 atom stereocenters. The summed E-state index contributed by atoms with van der Waals surface area (Å²) in [6, 6.07) is 13.1. The van der Waals surface area contributed by atoms with E-state index in [9.17, 15) is 31.9 Å². The van der Waals surface area contributed by atoms with Crippen molar-refractivity contribution in [2.75, 3.05) is 11.1 Å². The Morgan fingerprint density at radius 3 is 2.33 bits per heavy atom. The molecule has 220 valence electrons. The largest absolute Gasteiger partial charge is 0.392 e. The lowest BCUT2D eigenvalue weighted by Gasteiger charge is -2.36. The molecule has 3 aromatic carbocycles. The van der Waals surface area contributed by atoms with Gasteiger partial charge in [0.15, 0.2) is 29.6 Å². The third-order valence-corrected chi connectivity index (χ3v) is 7.59. The fourth-order valence-corrected chi connectivity index (χ4v) is 5.16. The molecule has 4 aromatic rings. The Balaban J connectivity index is 1.39. The number of tetrazole rings is 1. The molecule has 1 aromatic heterocycles. The molecule has 0 saturated carbocycles. The van der Waals surface area contributed by atoms with E-state index in [0.717, 1.165) is 11.1 Å². The van der Waals surface area contributed by atoms with Crippen LogP contribution in [0.25, 0.3) is 0 Å². The first-order valence-electron chi connectivity index (χ1n) is 12.4. The number of nitrogens with zero attached hydrogens (tertiary/aromatic N) is 4. The van der Waals surface area contributed by atoms with Crippen molar-refractivity contribution in [2.45, 2.75) is 36.7 Å². The zero-order valence-corrected chi connectivity index (χ0v) is 22.5. The van der Waals surface area contributed by atoms with E-state index < -0.39 is 53.0 Å². The van der Waals surface area contributed by atoms with E-state index in [2.05, 4.69) is 20.8 Å². The summed E-state index contributed by atoms with van der Waals surface area (Å²) in [7, 11) is 1.70. The number of nitrogens with one attached hydrogen (secondary N) is 1. The van der Waals surface area contributed by atoms with Crippen molar-refractivity contribution in [3.63, 3.8) is 0 Å². The van der Waals surface area contributed by atoms with E-state index in [1.165, 1.54) is 34.6 Å². The lowest BCUT2D eigenvalue weighted by atomic mass is 10.0. The monoisotopic (exact) mass is 607 g/mol. The number of aromatic nitrogens is 4. The third kappa shape index (κ3) is 6.13. The van der Waals surface area contributed by atoms with E-state index in [0.29, 0.717) is 22.9 Å². The Morgan fingerprint density at radius 1 is 1.00 bits per heavy atom. The number of ether oxygens (including phenoxy) is 2. The number of aliphatic hydroxyl groups is 1. The van der Waals surface area contributed by atoms with Crippen LogP contribution in [0.5, 0.6) is 0 Å². The maximum atomic E-state index is 14.2. The van der Waals surface area contributed by atoms with Crippen molar-refractivity contribution in [1.29, 1.82) is 0 Å². The predicted molar refractivity (Wildman–Crippen MR) is 139 cm³/mol. The van der Waals surface area contributed by atoms with E-state index in [1.807, 2.05) is 12.1 Å². The van der Waals surface area contributed by atoms with Crippen molar-refractivity contribution in [2.24, 2.45) is 7.05 Å². The van der Waals surface area contributed by atoms with Gasteiger partial charge in [-0.1, -0.05) is 48.2 Å². The summed E-state index contributed by atoms with van der Waals surface area (Å²) >= 11 is 1.37. The van der Waals surface area contributed by atoms with Crippen molar-refractivity contribution in [1.82, 2.24) is 20.2 Å². The topological polar surface area (TPSA) is 111 Å². The fraction of sp³-hybridized carbons (Fsp3) is 0.259. The normalized spacial score (nSPS) is 18.7. The van der Waals surface area contributed by atoms with Crippen molar-refractivity contribution in [3.05, 3.63) is 99.9 Å². The van der Waals surface area contributed by atoms with Crippen LogP contribution in [0.15, 0.2) is 53.7 Å². The number of hydrogen-bond donors (Lipinski definition) is 2. The number of anilines is 1. The Kier molecular flexibility index (Phi) is 8.82. The van der Waals surface area contributed by atoms with Crippen LogP contribution in [0.3, 0.4) is 0 Å². The Bertz CT molecular complexity index is 1580. The molecule has 1 aliphatic rings. The summed E-state index contributed by atoms with van der Waals surface area (Å²) in [6.07, 6.45) is -1.30. The molecule has 0 aliphatic carbocycles. The quantitative estimate of drug-likeness (QED) is 0.125. The fourth-order valence-electron chi connectivity index (χ4n) is 4.29. The van der Waals surface area contributed by atoms with Crippen molar-refractivity contribution in [3.8, 4) is 0 Å². The maximum absolute atomic E-state index is 14.2. The first kappa shape index (κ1) is 29.6. The van der Waals surface area contributed by atoms with Gasteiger partial charge < -0.3 is 19.9 Å². The van der Waals surface area contributed by atoms with Crippen LogP contribution in [0.1, 0.15) is 45.9 Å². The van der Waals surface area contributed by atoms with Gasteiger partial charge in [0.25, 0.3) is 5.91 Å². The number of halogens is 5. The molecule has 15 heteroatoms. The molecule has 9 nitrogen and oxygen atoms in total. The van der Waals surface area contributed by atoms with Gasteiger partial charge >= 0.3 is 0 Å². The molecule has 0 spiro atoms. The molecule has 42 heavy (non-hydrogen) atoms. The summed E-state index contributed by atoms with van der Waals surface area (Å²) in [6.45, 7) is -0.119. The maximum Gasteiger partial charge on any atom is 0.261 e. The van der Waals surface area contributed by atoms with Gasteiger partial charge in [0.1, 0.15) is 5.56 Å². The molecule has 2 heterocycles. The SMILES string of the molecule is Cn1nnnc1SCC1CC(c2ccc(CO)cc2)OC(c2cccc(NC(=O)c3c(F)c(F)c(F)c(F)c3F)c2)O1. The minimum atomic E-state index is -2.36. The molecule has 1 aliphatic heterocycles. The van der Waals surface area contributed by atoms with Crippen LogP contribution in [-0.2, 0) is 23.1 Å². The lowest BCUT2D eigenvalue weighted by molar-refractivity contribution is -0.245. The van der Waals surface area contributed by atoms with E-state index >= 15 is 0 Å². The molecular weight excluding hydrogens is 585 g/mol. The highest BCUT2D eigenvalue weighted by Gasteiger charge is 2.33. The molecule has 0 bridgehead atoms. The summed E-state index contributed by atoms with van der Waals surface area (Å²) in [4.78, 5) is 12.6. The third-order valence-electron chi connectivity index (χ3n) is 6.45. The molecule has 1 amide bonds. The zero-order valence-electron chi connectivity index (χ0n) is 21.7. The van der Waals surface area contributed by atoms with Crippen molar-refractivity contribution < 1.29 is 41.3 Å². The highest BCUT2D eigenvalue weighted by atomic mass is 32.2. The zero-order chi connectivity index (χ0) is 30.0. The van der Waals surface area contributed by atoms with Crippen LogP contribution in [0.2, 0.25) is 0 Å². The minimum absolute atomic E-state index is 0.000789. The summed E-state index contributed by atoms with van der Waals surface area (Å²) in [5, 5.41) is 23.5. The molecule has 3 unspecified atom stereocenters. The van der Waals surface area contributed by atoms with Crippen LogP contribution in [0.4, 0.5) is 27.6 Å². The van der Waals surface area contributed by atoms with E-state index in [4.69, 9.17) is 9.47 Å². The predicted octanol–water partition coefficient (Wildman–Crippen LogP) is 4.99. The number of benzene rings is 3. The van der Waals surface area contributed by atoms with Gasteiger partial charge in [-0.05, 0) is 33.7 Å². The number of aryl methyl sites for hydroxylation is 1. The van der Waals surface area contributed by atoms with E-state index in [1.54, 1.807) is 25.2 Å². The van der Waals surface area contributed by atoms with Crippen molar-refractivity contribution >= 4 is 23.4 Å². The van der Waals surface area contributed by atoms with Crippen LogP contribution < -0.4 is 5.32 Å². The van der Waals surface area contributed by atoms with E-state index in [-0.39, 0.29) is 18.4 Å². The first-order valence-corrected chi connectivity index (χ1v) is 13.4. The second-order valence-electron chi connectivity index (χ2n) is 9.27. The summed E-state index contributed by atoms with van der Waals surface area (Å²) in [5.41, 5.74) is 0.355. The summed E-state index contributed by atoms with van der Waals surface area (Å²) < 4.78 is 83.0. The number of thioether (sulfide) groups is 1. The Labute approximate surface area is 239 Å². The van der Waals surface area contributed by atoms with Gasteiger partial charge in [-0.2, -0.15) is 0 Å². The van der Waals surface area contributed by atoms with Crippen LogP contribution in [0, 0.1) is 29.1 Å². The summed E-state index contributed by atoms with van der Waals surface area (Å²) in [5.74, 6) is -12.4. The number of rotatable bonds is 8. The second kappa shape index (κ2) is 12.5.